The highest BCUT2D eigenvalue weighted by Crippen LogP contribution is 2.44. The number of amides is 1. The van der Waals surface area contributed by atoms with Gasteiger partial charge in [-0.25, -0.2) is 4.68 Å². The van der Waals surface area contributed by atoms with Gasteiger partial charge in [-0.05, 0) is 37.3 Å². The summed E-state index contributed by atoms with van der Waals surface area (Å²) in [6.45, 7) is 1.77. The van der Waals surface area contributed by atoms with Gasteiger partial charge in [0.25, 0.3) is 0 Å². The Balaban J connectivity index is 1.92. The van der Waals surface area contributed by atoms with Gasteiger partial charge in [0.15, 0.2) is 17.3 Å². The number of carbonyl (C=O) groups is 1. The molecule has 10 heteroatoms. The molecule has 1 unspecified atom stereocenters. The molecular weight excluding hydrogens is 426 g/mol. The van der Waals surface area contributed by atoms with E-state index >= 15 is 0 Å². The first-order valence-electron chi connectivity index (χ1n) is 10.1. The molecule has 4 rings (SSSR count). The van der Waals surface area contributed by atoms with Crippen molar-refractivity contribution in [1.29, 1.82) is 0 Å². The second kappa shape index (κ2) is 8.73. The van der Waals surface area contributed by atoms with Gasteiger partial charge < -0.3 is 30.0 Å². The van der Waals surface area contributed by atoms with Gasteiger partial charge in [0.1, 0.15) is 17.5 Å². The fraction of sp³-hybridized carbons (Fsp3) is 0.261. The van der Waals surface area contributed by atoms with Crippen LogP contribution in [0.2, 0.25) is 0 Å². The second-order valence-electron chi connectivity index (χ2n) is 7.31. The Kier molecular flexibility index (Phi) is 5.82. The lowest BCUT2D eigenvalue weighted by molar-refractivity contribution is -0.115. The zero-order valence-electron chi connectivity index (χ0n) is 19.0. The van der Waals surface area contributed by atoms with Crippen molar-refractivity contribution in [3.05, 3.63) is 53.2 Å². The molecule has 0 radical (unpaired) electrons. The van der Waals surface area contributed by atoms with E-state index in [9.17, 15) is 4.79 Å². The van der Waals surface area contributed by atoms with E-state index in [0.717, 1.165) is 11.3 Å². The van der Waals surface area contributed by atoms with E-state index in [0.29, 0.717) is 45.9 Å². The summed E-state index contributed by atoms with van der Waals surface area (Å²) < 4.78 is 23.4. The van der Waals surface area contributed by atoms with Crippen LogP contribution in [0.15, 0.2) is 47.7 Å². The average Bonchev–Trinajstić information content (AvgIpc) is 3.25. The monoisotopic (exact) mass is 451 g/mol. The predicted octanol–water partition coefficient (Wildman–Crippen LogP) is 2.75. The van der Waals surface area contributed by atoms with Crippen LogP contribution in [0.3, 0.4) is 0 Å². The van der Waals surface area contributed by atoms with Crippen LogP contribution < -0.4 is 30.0 Å². The summed E-state index contributed by atoms with van der Waals surface area (Å²) in [6, 6.07) is 10.1. The number of nitrogens with one attached hydrogen (secondary N) is 1. The van der Waals surface area contributed by atoms with Crippen molar-refractivity contribution in [1.82, 2.24) is 14.8 Å². The highest BCUT2D eigenvalue weighted by atomic mass is 16.5. The minimum atomic E-state index is -0.701. The van der Waals surface area contributed by atoms with Gasteiger partial charge in [-0.15, -0.1) is 5.10 Å². The van der Waals surface area contributed by atoms with Crippen molar-refractivity contribution in [3.8, 4) is 34.4 Å². The van der Waals surface area contributed by atoms with Crippen LogP contribution >= 0.6 is 0 Å². The summed E-state index contributed by atoms with van der Waals surface area (Å²) in [5.41, 5.74) is 8.12. The molecule has 0 saturated carbocycles. The van der Waals surface area contributed by atoms with Crippen LogP contribution in [0.4, 0.5) is 5.95 Å². The van der Waals surface area contributed by atoms with Crippen molar-refractivity contribution < 1.29 is 23.7 Å². The Morgan fingerprint density at radius 1 is 0.970 bits per heavy atom. The quantitative estimate of drug-likeness (QED) is 0.562. The zero-order valence-corrected chi connectivity index (χ0v) is 19.0. The smallest absolute Gasteiger partial charge is 0.248 e. The van der Waals surface area contributed by atoms with Gasteiger partial charge in [-0.2, -0.15) is 4.98 Å². The summed E-state index contributed by atoms with van der Waals surface area (Å²) in [7, 11) is 6.22. The van der Waals surface area contributed by atoms with Crippen molar-refractivity contribution in [2.75, 3.05) is 33.8 Å². The van der Waals surface area contributed by atoms with Crippen molar-refractivity contribution in [3.63, 3.8) is 0 Å². The van der Waals surface area contributed by atoms with E-state index in [1.165, 1.54) is 21.3 Å². The third-order valence-electron chi connectivity index (χ3n) is 5.50. The number of allylic oxidation sites excluding steroid dienone is 1. The fourth-order valence-corrected chi connectivity index (χ4v) is 3.89. The number of aromatic nitrogens is 3. The number of fused-ring (bicyclic) bond motifs is 1. The Morgan fingerprint density at radius 2 is 1.61 bits per heavy atom. The maximum Gasteiger partial charge on any atom is 0.248 e. The van der Waals surface area contributed by atoms with Crippen molar-refractivity contribution in [2.24, 2.45) is 5.73 Å². The third kappa shape index (κ3) is 3.79. The third-order valence-corrected chi connectivity index (χ3v) is 5.50. The standard InChI is InChI=1S/C23H25N5O5/c1-12-19(21(24)29)20(15-10-17(32-4)18(33-5)11-16(15)31-3)28-23(25-12)26-22(27-28)13-6-8-14(30-2)9-7-13/h6-11,20H,1-5H3,(H2,24,29)(H,25,26,27). The molecule has 0 spiro atoms. The van der Waals surface area contributed by atoms with Crippen LogP contribution in [-0.2, 0) is 4.79 Å². The summed E-state index contributed by atoms with van der Waals surface area (Å²) in [6.07, 6.45) is 0. The Morgan fingerprint density at radius 3 is 2.18 bits per heavy atom. The zero-order chi connectivity index (χ0) is 23.7. The summed E-state index contributed by atoms with van der Waals surface area (Å²) in [4.78, 5) is 17.2. The average molecular weight is 451 g/mol. The van der Waals surface area contributed by atoms with Crippen LogP contribution in [0.25, 0.3) is 11.4 Å². The van der Waals surface area contributed by atoms with E-state index in [-0.39, 0.29) is 0 Å². The second-order valence-corrected chi connectivity index (χ2v) is 7.31. The highest BCUT2D eigenvalue weighted by molar-refractivity contribution is 5.95. The number of nitrogens with two attached hydrogens (primary N) is 1. The minimum Gasteiger partial charge on any atom is -0.497 e. The SMILES string of the molecule is COc1ccc(-c2nc3n(n2)C(c2cc(OC)c(OC)cc2OC)C(C(N)=O)=C(C)N3)cc1. The minimum absolute atomic E-state index is 0.333. The molecule has 3 N–H and O–H groups in total. The first-order valence-corrected chi connectivity index (χ1v) is 10.1. The van der Waals surface area contributed by atoms with Gasteiger partial charge in [0.05, 0.1) is 34.0 Å². The van der Waals surface area contributed by atoms with E-state index in [2.05, 4.69) is 10.3 Å². The van der Waals surface area contributed by atoms with Gasteiger partial charge in [-0.3, -0.25) is 4.79 Å². The van der Waals surface area contributed by atoms with E-state index in [1.807, 2.05) is 24.3 Å². The number of ether oxygens (including phenoxy) is 4. The molecule has 172 valence electrons. The fourth-order valence-electron chi connectivity index (χ4n) is 3.89. The van der Waals surface area contributed by atoms with Gasteiger partial charge in [0, 0.05) is 22.9 Å². The Hall–Kier alpha value is -4.21. The molecule has 1 aliphatic heterocycles. The van der Waals surface area contributed by atoms with Crippen LogP contribution in [0.5, 0.6) is 23.0 Å². The number of primary amides is 1. The van der Waals surface area contributed by atoms with Crippen molar-refractivity contribution in [2.45, 2.75) is 13.0 Å². The molecule has 1 aliphatic rings. The first kappa shape index (κ1) is 22.0. The number of nitrogens with zero attached hydrogens (tertiary/aromatic N) is 3. The molecule has 0 bridgehead atoms. The van der Waals surface area contributed by atoms with Crippen LogP contribution in [0.1, 0.15) is 18.5 Å². The maximum atomic E-state index is 12.5. The number of anilines is 1. The normalized spacial score (nSPS) is 14.9. The number of carbonyl (C=O) groups excluding carboxylic acids is 1. The molecule has 10 nitrogen and oxygen atoms in total. The number of benzene rings is 2. The summed E-state index contributed by atoms with van der Waals surface area (Å²) in [5.74, 6) is 2.53. The largest absolute Gasteiger partial charge is 0.497 e. The molecule has 1 aromatic heterocycles. The molecule has 0 saturated heterocycles. The number of hydrogen-bond donors (Lipinski definition) is 2. The predicted molar refractivity (Wildman–Crippen MR) is 122 cm³/mol. The molecular formula is C23H25N5O5. The lowest BCUT2D eigenvalue weighted by Crippen LogP contribution is -2.32. The lowest BCUT2D eigenvalue weighted by Gasteiger charge is -2.29. The van der Waals surface area contributed by atoms with E-state index < -0.39 is 11.9 Å². The molecule has 1 atom stereocenters. The van der Waals surface area contributed by atoms with E-state index in [1.54, 1.807) is 30.8 Å². The topological polar surface area (TPSA) is 123 Å². The van der Waals surface area contributed by atoms with E-state index in [4.69, 9.17) is 29.8 Å². The van der Waals surface area contributed by atoms with Crippen LogP contribution in [0, 0.1) is 0 Å². The molecule has 33 heavy (non-hydrogen) atoms. The highest BCUT2D eigenvalue weighted by Gasteiger charge is 2.36. The van der Waals surface area contributed by atoms with Gasteiger partial charge in [-0.1, -0.05) is 0 Å². The summed E-state index contributed by atoms with van der Waals surface area (Å²) in [5, 5.41) is 7.85. The number of methoxy groups -OCH3 is 4. The molecule has 1 amide bonds. The molecule has 2 heterocycles. The van der Waals surface area contributed by atoms with Crippen LogP contribution in [-0.4, -0.2) is 49.1 Å². The summed E-state index contributed by atoms with van der Waals surface area (Å²) >= 11 is 0. The molecule has 2 aromatic carbocycles. The first-order chi connectivity index (χ1) is 15.9. The Labute approximate surface area is 190 Å². The molecule has 0 fully saturated rings. The van der Waals surface area contributed by atoms with Gasteiger partial charge in [0.2, 0.25) is 11.9 Å². The maximum absolute atomic E-state index is 12.5. The van der Waals surface area contributed by atoms with Gasteiger partial charge >= 0.3 is 0 Å². The van der Waals surface area contributed by atoms with Crippen molar-refractivity contribution >= 4 is 11.9 Å². The number of rotatable bonds is 7. The molecule has 0 aliphatic carbocycles. The lowest BCUT2D eigenvalue weighted by atomic mass is 9.94. The molecule has 3 aromatic rings. The number of hydrogen-bond acceptors (Lipinski definition) is 8. The Bertz CT molecular complexity index is 1230.